The third-order valence-electron chi connectivity index (χ3n) is 5.73. The second-order valence-electron chi connectivity index (χ2n) is 7.30. The predicted octanol–water partition coefficient (Wildman–Crippen LogP) is 4.92. The Bertz CT molecular complexity index is 1000. The van der Waals surface area contributed by atoms with E-state index in [9.17, 15) is 4.79 Å². The number of rotatable bonds is 3. The van der Waals surface area contributed by atoms with Gasteiger partial charge in [0.05, 0.1) is 0 Å². The molecular weight excluding hydrogens is 322 g/mol. The summed E-state index contributed by atoms with van der Waals surface area (Å²) < 4.78 is 5.98. The molecule has 2 unspecified atom stereocenters. The fourth-order valence-corrected chi connectivity index (χ4v) is 4.38. The topological polar surface area (TPSA) is 42.1 Å². The lowest BCUT2D eigenvalue weighted by Gasteiger charge is -2.31. The van der Waals surface area contributed by atoms with E-state index < -0.39 is 0 Å². The number of Topliss-reactive ketones (excluding diaryl/α,β-unsaturated/α-hetero) is 1. The highest BCUT2D eigenvalue weighted by atomic mass is 16.5. The number of carbonyl (C=O) groups excluding carboxylic acids is 1. The second-order valence-corrected chi connectivity index (χ2v) is 7.30. The van der Waals surface area contributed by atoms with Crippen molar-refractivity contribution >= 4 is 16.7 Å². The van der Waals surface area contributed by atoms with Gasteiger partial charge in [-0.25, -0.2) is 0 Å². The van der Waals surface area contributed by atoms with Gasteiger partial charge in [0.25, 0.3) is 0 Å². The molecule has 5 rings (SSSR count). The summed E-state index contributed by atoms with van der Waals surface area (Å²) in [4.78, 5) is 16.2. The zero-order valence-electron chi connectivity index (χ0n) is 14.6. The number of benzene rings is 2. The molecule has 3 heteroatoms. The standard InChI is InChI=1S/C23H21NO2/c25-22-13-20-19-12-16(26-14-15-6-2-1-3-7-15)10-11-21(19)24-23(20)18-9-5-4-8-17(18)22/h1-7,10-12,17-18,24H,8-9,13-14H2. The molecule has 3 nitrogen and oxygen atoms in total. The van der Waals surface area contributed by atoms with Crippen LogP contribution in [0, 0.1) is 5.92 Å². The molecule has 0 spiro atoms. The lowest BCUT2D eigenvalue weighted by Crippen LogP contribution is -2.30. The van der Waals surface area contributed by atoms with E-state index in [-0.39, 0.29) is 5.92 Å². The van der Waals surface area contributed by atoms with Crippen molar-refractivity contribution in [3.8, 4) is 5.75 Å². The summed E-state index contributed by atoms with van der Waals surface area (Å²) in [5, 5.41) is 1.13. The van der Waals surface area contributed by atoms with Crippen LogP contribution in [0.4, 0.5) is 0 Å². The van der Waals surface area contributed by atoms with Crippen molar-refractivity contribution in [1.29, 1.82) is 0 Å². The number of allylic oxidation sites excluding steroid dienone is 2. The van der Waals surface area contributed by atoms with Crippen LogP contribution in [-0.2, 0) is 17.8 Å². The van der Waals surface area contributed by atoms with E-state index in [1.165, 1.54) is 11.3 Å². The number of nitrogens with one attached hydrogen (secondary N) is 1. The van der Waals surface area contributed by atoms with E-state index in [0.29, 0.717) is 24.7 Å². The first kappa shape index (κ1) is 15.4. The van der Waals surface area contributed by atoms with Crippen LogP contribution in [0.1, 0.15) is 35.6 Å². The van der Waals surface area contributed by atoms with Crippen LogP contribution >= 0.6 is 0 Å². The molecule has 0 amide bonds. The van der Waals surface area contributed by atoms with Gasteiger partial charge in [-0.1, -0.05) is 42.5 Å². The fraction of sp³-hybridized carbons (Fsp3) is 0.261. The van der Waals surface area contributed by atoms with Crippen molar-refractivity contribution in [2.45, 2.75) is 31.8 Å². The lowest BCUT2D eigenvalue weighted by atomic mass is 9.72. The Hall–Kier alpha value is -2.81. The number of aromatic amines is 1. The molecular formula is C23H21NO2. The zero-order valence-corrected chi connectivity index (χ0v) is 14.6. The summed E-state index contributed by atoms with van der Waals surface area (Å²) in [5.74, 6) is 1.68. The largest absolute Gasteiger partial charge is 0.489 e. The van der Waals surface area contributed by atoms with Crippen molar-refractivity contribution in [3.05, 3.63) is 77.5 Å². The molecule has 0 saturated carbocycles. The molecule has 0 radical (unpaired) electrons. The number of hydrogen-bond donors (Lipinski definition) is 1. The summed E-state index contributed by atoms with van der Waals surface area (Å²) in [6.07, 6.45) is 6.73. The Labute approximate surface area is 152 Å². The van der Waals surface area contributed by atoms with Crippen molar-refractivity contribution in [3.63, 3.8) is 0 Å². The number of aromatic nitrogens is 1. The molecule has 3 aromatic rings. The minimum Gasteiger partial charge on any atom is -0.489 e. The molecule has 1 aromatic heterocycles. The number of carbonyl (C=O) groups is 1. The maximum Gasteiger partial charge on any atom is 0.141 e. The minimum absolute atomic E-state index is 0.148. The van der Waals surface area contributed by atoms with Crippen molar-refractivity contribution in [2.24, 2.45) is 5.92 Å². The minimum atomic E-state index is 0.148. The van der Waals surface area contributed by atoms with Gasteiger partial charge < -0.3 is 9.72 Å². The molecule has 2 atom stereocenters. The Kier molecular flexibility index (Phi) is 3.66. The maximum absolute atomic E-state index is 12.6. The molecule has 2 aliphatic carbocycles. The van der Waals surface area contributed by atoms with Crippen LogP contribution in [0.25, 0.3) is 10.9 Å². The normalized spacial score (nSPS) is 21.5. The number of hydrogen-bond acceptors (Lipinski definition) is 2. The second kappa shape index (κ2) is 6.17. The van der Waals surface area contributed by atoms with Gasteiger partial charge in [0, 0.05) is 34.9 Å². The summed E-state index contributed by atoms with van der Waals surface area (Å²) in [6, 6.07) is 16.3. The van der Waals surface area contributed by atoms with Crippen molar-refractivity contribution in [2.75, 3.05) is 0 Å². The predicted molar refractivity (Wildman–Crippen MR) is 102 cm³/mol. The number of fused-ring (bicyclic) bond motifs is 5. The molecule has 130 valence electrons. The molecule has 0 saturated heterocycles. The third-order valence-corrected chi connectivity index (χ3v) is 5.73. The molecule has 1 N–H and O–H groups in total. The lowest BCUT2D eigenvalue weighted by molar-refractivity contribution is -0.123. The molecule has 2 aromatic carbocycles. The number of ketones is 1. The molecule has 2 aliphatic rings. The van der Waals surface area contributed by atoms with Gasteiger partial charge in [0.15, 0.2) is 0 Å². The summed E-state index contributed by atoms with van der Waals surface area (Å²) in [6.45, 7) is 0.549. The Morgan fingerprint density at radius 1 is 1.00 bits per heavy atom. The van der Waals surface area contributed by atoms with E-state index in [4.69, 9.17) is 4.74 Å². The maximum atomic E-state index is 12.6. The highest BCUT2D eigenvalue weighted by Crippen LogP contribution is 2.43. The summed E-state index contributed by atoms with van der Waals surface area (Å²) in [5.41, 5.74) is 4.68. The Morgan fingerprint density at radius 3 is 2.65 bits per heavy atom. The van der Waals surface area contributed by atoms with Gasteiger partial charge in [0.2, 0.25) is 0 Å². The molecule has 0 aliphatic heterocycles. The van der Waals surface area contributed by atoms with Crippen molar-refractivity contribution in [1.82, 2.24) is 4.98 Å². The van der Waals surface area contributed by atoms with E-state index in [1.807, 2.05) is 24.3 Å². The van der Waals surface area contributed by atoms with Crippen LogP contribution in [0.15, 0.2) is 60.7 Å². The first-order chi connectivity index (χ1) is 12.8. The van der Waals surface area contributed by atoms with Gasteiger partial charge in [-0.2, -0.15) is 0 Å². The zero-order chi connectivity index (χ0) is 17.5. The van der Waals surface area contributed by atoms with E-state index >= 15 is 0 Å². The first-order valence-corrected chi connectivity index (χ1v) is 9.28. The highest BCUT2D eigenvalue weighted by Gasteiger charge is 2.37. The average molecular weight is 343 g/mol. The van der Waals surface area contributed by atoms with Crippen LogP contribution in [0.3, 0.4) is 0 Å². The Balaban J connectivity index is 1.49. The van der Waals surface area contributed by atoms with E-state index in [2.05, 4.69) is 41.4 Å². The van der Waals surface area contributed by atoms with Gasteiger partial charge in [-0.3, -0.25) is 4.79 Å². The Morgan fingerprint density at radius 2 is 1.81 bits per heavy atom. The first-order valence-electron chi connectivity index (χ1n) is 9.28. The highest BCUT2D eigenvalue weighted by molar-refractivity contribution is 5.95. The quantitative estimate of drug-likeness (QED) is 0.686. The summed E-state index contributed by atoms with van der Waals surface area (Å²) in [7, 11) is 0. The molecule has 0 bridgehead atoms. The summed E-state index contributed by atoms with van der Waals surface area (Å²) >= 11 is 0. The SMILES string of the molecule is O=C1Cc2c([nH]c3ccc(OCc4ccccc4)cc23)C2CC=CCC12. The molecule has 26 heavy (non-hydrogen) atoms. The number of ether oxygens (including phenoxy) is 1. The van der Waals surface area contributed by atoms with Gasteiger partial charge in [-0.05, 0) is 42.2 Å². The van der Waals surface area contributed by atoms with Crippen LogP contribution in [0.5, 0.6) is 5.75 Å². The monoisotopic (exact) mass is 343 g/mol. The van der Waals surface area contributed by atoms with Crippen LogP contribution < -0.4 is 4.74 Å². The smallest absolute Gasteiger partial charge is 0.141 e. The van der Waals surface area contributed by atoms with Gasteiger partial charge >= 0.3 is 0 Å². The third kappa shape index (κ3) is 2.55. The fourth-order valence-electron chi connectivity index (χ4n) is 4.38. The van der Waals surface area contributed by atoms with E-state index in [0.717, 1.165) is 35.1 Å². The van der Waals surface area contributed by atoms with Crippen LogP contribution in [0.2, 0.25) is 0 Å². The van der Waals surface area contributed by atoms with Gasteiger partial charge in [0.1, 0.15) is 18.1 Å². The molecule has 1 heterocycles. The van der Waals surface area contributed by atoms with Crippen molar-refractivity contribution < 1.29 is 9.53 Å². The van der Waals surface area contributed by atoms with E-state index in [1.54, 1.807) is 0 Å². The average Bonchev–Trinajstić information content (AvgIpc) is 3.05. The number of H-pyrrole nitrogens is 1. The van der Waals surface area contributed by atoms with Gasteiger partial charge in [-0.15, -0.1) is 0 Å². The van der Waals surface area contributed by atoms with Crippen LogP contribution in [-0.4, -0.2) is 10.8 Å². The molecule has 0 fully saturated rings.